The van der Waals surface area contributed by atoms with Crippen LogP contribution >= 0.6 is 0 Å². The van der Waals surface area contributed by atoms with Crippen LogP contribution in [0.25, 0.3) is 11.5 Å². The molecule has 1 unspecified atom stereocenters. The monoisotopic (exact) mass is 321 g/mol. The average molecular weight is 321 g/mol. The smallest absolute Gasteiger partial charge is 0.226 e. The largest absolute Gasteiger partial charge is 0.444 e. The molecule has 3 nitrogen and oxygen atoms in total. The summed E-state index contributed by atoms with van der Waals surface area (Å²) in [6.45, 7) is 0. The predicted octanol–water partition coefficient (Wildman–Crippen LogP) is 4.31. The zero-order valence-electron chi connectivity index (χ0n) is 12.5. The fraction of sp³-hybridized carbons (Fsp3) is 0.471. The van der Waals surface area contributed by atoms with Crippen molar-refractivity contribution in [2.24, 2.45) is 5.92 Å². The fourth-order valence-corrected chi connectivity index (χ4v) is 4.41. The third-order valence-corrected chi connectivity index (χ3v) is 5.54. The van der Waals surface area contributed by atoms with E-state index in [0.29, 0.717) is 28.8 Å². The highest BCUT2D eigenvalue weighted by atomic mass is 32.2. The van der Waals surface area contributed by atoms with Gasteiger partial charge in [0.1, 0.15) is 12.1 Å². The van der Waals surface area contributed by atoms with E-state index in [1.807, 2.05) is 0 Å². The van der Waals surface area contributed by atoms with E-state index in [2.05, 4.69) is 4.98 Å². The Morgan fingerprint density at radius 3 is 2.86 bits per heavy atom. The molecule has 1 aliphatic carbocycles. The summed E-state index contributed by atoms with van der Waals surface area (Å²) in [6, 6.07) is 6.13. The van der Waals surface area contributed by atoms with Crippen molar-refractivity contribution in [2.75, 3.05) is 5.75 Å². The lowest BCUT2D eigenvalue weighted by Crippen LogP contribution is -2.15. The van der Waals surface area contributed by atoms with E-state index in [1.165, 1.54) is 50.5 Å². The Morgan fingerprint density at radius 1 is 1.27 bits per heavy atom. The van der Waals surface area contributed by atoms with Crippen LogP contribution in [0, 0.1) is 11.7 Å². The molecule has 1 aromatic heterocycles. The summed E-state index contributed by atoms with van der Waals surface area (Å²) in [7, 11) is -0.913. The number of hydrogen-bond donors (Lipinski definition) is 0. The summed E-state index contributed by atoms with van der Waals surface area (Å²) in [5.41, 5.74) is 1.28. The Bertz CT molecular complexity index is 650. The van der Waals surface area contributed by atoms with Gasteiger partial charge in [-0.2, -0.15) is 0 Å². The maximum Gasteiger partial charge on any atom is 0.226 e. The predicted molar refractivity (Wildman–Crippen MR) is 85.2 cm³/mol. The average Bonchev–Trinajstić information content (AvgIpc) is 2.96. The molecule has 0 saturated heterocycles. The second-order valence-corrected chi connectivity index (χ2v) is 7.41. The molecule has 0 spiro atoms. The standard InChI is InChI=1S/C17H20FNO2S/c18-15-8-4-7-14(9-15)17-19-16(10-21-17)12-22(20)11-13-5-2-1-3-6-13/h4,7-10,13H,1-3,5-6,11-12H2. The van der Waals surface area contributed by atoms with Gasteiger partial charge in [-0.3, -0.25) is 4.21 Å². The maximum absolute atomic E-state index is 13.2. The molecule has 0 radical (unpaired) electrons. The summed E-state index contributed by atoms with van der Waals surface area (Å²) in [4.78, 5) is 4.33. The second-order valence-electron chi connectivity index (χ2n) is 5.91. The van der Waals surface area contributed by atoms with Gasteiger partial charge >= 0.3 is 0 Å². The zero-order valence-corrected chi connectivity index (χ0v) is 13.3. The highest BCUT2D eigenvalue weighted by Crippen LogP contribution is 2.25. The van der Waals surface area contributed by atoms with E-state index in [0.717, 1.165) is 5.75 Å². The number of hydrogen-bond acceptors (Lipinski definition) is 3. The molecular formula is C17H20FNO2S. The molecule has 1 heterocycles. The minimum Gasteiger partial charge on any atom is -0.444 e. The number of benzene rings is 1. The summed E-state index contributed by atoms with van der Waals surface area (Å²) in [5.74, 6) is 1.81. The molecule has 5 heteroatoms. The number of halogens is 1. The van der Waals surface area contributed by atoms with E-state index in [9.17, 15) is 8.60 Å². The van der Waals surface area contributed by atoms with Gasteiger partial charge in [0.2, 0.25) is 5.89 Å². The summed E-state index contributed by atoms with van der Waals surface area (Å²) in [6.07, 6.45) is 7.74. The summed E-state index contributed by atoms with van der Waals surface area (Å²) < 4.78 is 30.8. The highest BCUT2D eigenvalue weighted by molar-refractivity contribution is 7.84. The number of oxazole rings is 1. The first-order valence-electron chi connectivity index (χ1n) is 7.76. The van der Waals surface area contributed by atoms with Gasteiger partial charge in [0.15, 0.2) is 0 Å². The topological polar surface area (TPSA) is 43.1 Å². The van der Waals surface area contributed by atoms with Gasteiger partial charge in [-0.05, 0) is 37.0 Å². The molecule has 0 aliphatic heterocycles. The molecule has 118 valence electrons. The first kappa shape index (κ1) is 15.4. The second kappa shape index (κ2) is 7.18. The van der Waals surface area contributed by atoms with Crippen LogP contribution in [-0.4, -0.2) is 14.9 Å². The van der Waals surface area contributed by atoms with Crippen molar-refractivity contribution >= 4 is 10.8 Å². The van der Waals surface area contributed by atoms with Crippen LogP contribution in [0.15, 0.2) is 34.9 Å². The van der Waals surface area contributed by atoms with Crippen LogP contribution in [0.4, 0.5) is 4.39 Å². The quantitative estimate of drug-likeness (QED) is 0.824. The molecule has 3 rings (SSSR count). The van der Waals surface area contributed by atoms with Crippen molar-refractivity contribution < 1.29 is 13.0 Å². The van der Waals surface area contributed by atoms with Crippen molar-refractivity contribution in [1.82, 2.24) is 4.98 Å². The Kier molecular flexibility index (Phi) is 5.03. The number of rotatable bonds is 5. The van der Waals surface area contributed by atoms with Crippen molar-refractivity contribution in [1.29, 1.82) is 0 Å². The molecule has 1 atom stereocenters. The van der Waals surface area contributed by atoms with Gasteiger partial charge in [0, 0.05) is 22.1 Å². The summed E-state index contributed by atoms with van der Waals surface area (Å²) in [5, 5.41) is 0. The van der Waals surface area contributed by atoms with E-state index in [-0.39, 0.29) is 5.82 Å². The number of nitrogens with zero attached hydrogens (tertiary/aromatic N) is 1. The van der Waals surface area contributed by atoms with E-state index in [1.54, 1.807) is 12.1 Å². The van der Waals surface area contributed by atoms with Crippen LogP contribution in [0.2, 0.25) is 0 Å². The lowest BCUT2D eigenvalue weighted by atomic mass is 9.91. The third kappa shape index (κ3) is 4.03. The third-order valence-electron chi connectivity index (χ3n) is 4.08. The molecule has 1 aliphatic rings. The Hall–Kier alpha value is -1.49. The molecule has 0 N–H and O–H groups in total. The van der Waals surface area contributed by atoms with Gasteiger partial charge in [-0.1, -0.05) is 25.3 Å². The molecule has 1 aromatic carbocycles. The van der Waals surface area contributed by atoms with E-state index in [4.69, 9.17) is 4.42 Å². The Labute approximate surface area is 132 Å². The van der Waals surface area contributed by atoms with Crippen LogP contribution in [0.1, 0.15) is 37.8 Å². The molecule has 1 fully saturated rings. The fourth-order valence-electron chi connectivity index (χ4n) is 2.97. The normalized spacial score (nSPS) is 17.5. The maximum atomic E-state index is 13.2. The van der Waals surface area contributed by atoms with Crippen molar-refractivity contribution in [3.8, 4) is 11.5 Å². The van der Waals surface area contributed by atoms with Crippen LogP contribution in [0.5, 0.6) is 0 Å². The minimum atomic E-state index is -0.913. The van der Waals surface area contributed by atoms with E-state index < -0.39 is 10.8 Å². The first-order valence-corrected chi connectivity index (χ1v) is 9.25. The van der Waals surface area contributed by atoms with Gasteiger partial charge in [-0.15, -0.1) is 0 Å². The van der Waals surface area contributed by atoms with Crippen LogP contribution in [0.3, 0.4) is 0 Å². The SMILES string of the molecule is O=S(Cc1coc(-c2cccc(F)c2)n1)CC1CCCCC1. The Balaban J connectivity index is 1.60. The number of aromatic nitrogens is 1. The Morgan fingerprint density at radius 2 is 2.09 bits per heavy atom. The molecule has 1 saturated carbocycles. The highest BCUT2D eigenvalue weighted by Gasteiger charge is 2.17. The lowest BCUT2D eigenvalue weighted by molar-refractivity contribution is 0.388. The van der Waals surface area contributed by atoms with Crippen LogP contribution < -0.4 is 0 Å². The first-order chi connectivity index (χ1) is 10.7. The van der Waals surface area contributed by atoms with Gasteiger partial charge in [0.05, 0.1) is 11.4 Å². The minimum absolute atomic E-state index is 0.321. The van der Waals surface area contributed by atoms with Crippen LogP contribution in [-0.2, 0) is 16.6 Å². The van der Waals surface area contributed by atoms with E-state index >= 15 is 0 Å². The zero-order chi connectivity index (χ0) is 15.4. The molecule has 0 amide bonds. The molecule has 22 heavy (non-hydrogen) atoms. The molecule has 2 aromatic rings. The van der Waals surface area contributed by atoms with Gasteiger partial charge in [0.25, 0.3) is 0 Å². The van der Waals surface area contributed by atoms with Crippen molar-refractivity contribution in [3.05, 3.63) is 42.0 Å². The molecule has 0 bridgehead atoms. The molecular weight excluding hydrogens is 301 g/mol. The van der Waals surface area contributed by atoms with Gasteiger partial charge < -0.3 is 4.42 Å². The van der Waals surface area contributed by atoms with Crippen molar-refractivity contribution in [3.63, 3.8) is 0 Å². The van der Waals surface area contributed by atoms with Gasteiger partial charge in [-0.25, -0.2) is 9.37 Å². The summed E-state index contributed by atoms with van der Waals surface area (Å²) >= 11 is 0. The van der Waals surface area contributed by atoms with Crippen molar-refractivity contribution in [2.45, 2.75) is 37.9 Å². The lowest BCUT2D eigenvalue weighted by Gasteiger charge is -2.20.